The quantitative estimate of drug-likeness (QED) is 0.653. The zero-order valence-electron chi connectivity index (χ0n) is 8.93. The van der Waals surface area contributed by atoms with Gasteiger partial charge in [-0.3, -0.25) is 0 Å². The molecule has 0 fully saturated rings. The molecule has 2 aromatic rings. The molecule has 0 aliphatic rings. The van der Waals surface area contributed by atoms with Crippen LogP contribution in [0.1, 0.15) is 5.56 Å². The van der Waals surface area contributed by atoms with E-state index in [1.165, 1.54) is 24.3 Å². The second-order valence-corrected chi connectivity index (χ2v) is 3.65. The molecule has 0 bridgehead atoms. The predicted octanol–water partition coefficient (Wildman–Crippen LogP) is 4.65. The van der Waals surface area contributed by atoms with Crippen LogP contribution in [0, 0.1) is 11.6 Å². The highest BCUT2D eigenvalue weighted by atomic mass is 19.4. The molecule has 94 valence electrons. The van der Waals surface area contributed by atoms with Crippen LogP contribution in [0.15, 0.2) is 42.5 Å². The number of alkyl halides is 3. The molecule has 0 atom stereocenters. The summed E-state index contributed by atoms with van der Waals surface area (Å²) in [6.45, 7) is 0. The number of halogens is 5. The first-order valence-electron chi connectivity index (χ1n) is 5.02. The first-order chi connectivity index (χ1) is 8.41. The molecule has 0 spiro atoms. The van der Waals surface area contributed by atoms with Gasteiger partial charge in [-0.25, -0.2) is 8.78 Å². The van der Waals surface area contributed by atoms with E-state index in [1.54, 1.807) is 6.07 Å². The smallest absolute Gasteiger partial charge is 0.204 e. The fourth-order valence-electron chi connectivity index (χ4n) is 1.67. The number of hydrogen-bond donors (Lipinski definition) is 0. The SMILES string of the molecule is Fc1ccc(C(F)(F)F)c(-c2ccccc2)c1F. The summed E-state index contributed by atoms with van der Waals surface area (Å²) in [7, 11) is 0. The molecule has 0 nitrogen and oxygen atoms in total. The van der Waals surface area contributed by atoms with Gasteiger partial charge in [-0.2, -0.15) is 13.2 Å². The summed E-state index contributed by atoms with van der Waals surface area (Å²) in [6.07, 6.45) is -4.74. The van der Waals surface area contributed by atoms with Crippen molar-refractivity contribution < 1.29 is 22.0 Å². The van der Waals surface area contributed by atoms with Crippen molar-refractivity contribution in [2.24, 2.45) is 0 Å². The minimum absolute atomic E-state index is 0.0122. The summed E-state index contributed by atoms with van der Waals surface area (Å²) < 4.78 is 65.0. The maximum absolute atomic E-state index is 13.6. The van der Waals surface area contributed by atoms with E-state index in [1.807, 2.05) is 0 Å². The summed E-state index contributed by atoms with van der Waals surface area (Å²) in [5.74, 6) is -2.79. The van der Waals surface area contributed by atoms with E-state index in [0.29, 0.717) is 12.1 Å². The second-order valence-electron chi connectivity index (χ2n) is 3.65. The molecule has 0 aromatic heterocycles. The Bertz CT molecular complexity index is 558. The molecule has 0 aliphatic carbocycles. The van der Waals surface area contributed by atoms with E-state index >= 15 is 0 Å². The maximum Gasteiger partial charge on any atom is 0.417 e. The molecule has 0 heterocycles. The summed E-state index contributed by atoms with van der Waals surface area (Å²) >= 11 is 0. The molecule has 18 heavy (non-hydrogen) atoms. The monoisotopic (exact) mass is 258 g/mol. The van der Waals surface area contributed by atoms with Crippen molar-refractivity contribution in [3.63, 3.8) is 0 Å². The zero-order chi connectivity index (χ0) is 13.3. The molecule has 0 saturated heterocycles. The van der Waals surface area contributed by atoms with Gasteiger partial charge in [-0.05, 0) is 17.7 Å². The minimum atomic E-state index is -4.74. The summed E-state index contributed by atoms with van der Waals surface area (Å²) in [6, 6.07) is 8.11. The first-order valence-corrected chi connectivity index (χ1v) is 5.02. The van der Waals surface area contributed by atoms with Crippen molar-refractivity contribution in [1.29, 1.82) is 0 Å². The molecular weight excluding hydrogens is 251 g/mol. The normalized spacial score (nSPS) is 11.6. The van der Waals surface area contributed by atoms with Crippen molar-refractivity contribution in [2.45, 2.75) is 6.18 Å². The molecular formula is C13H7F5. The molecule has 2 rings (SSSR count). The van der Waals surface area contributed by atoms with E-state index in [4.69, 9.17) is 0 Å². The van der Waals surface area contributed by atoms with Gasteiger partial charge < -0.3 is 0 Å². The van der Waals surface area contributed by atoms with Crippen LogP contribution in [0.4, 0.5) is 22.0 Å². The van der Waals surface area contributed by atoms with Crippen LogP contribution in [0.3, 0.4) is 0 Å². The predicted molar refractivity (Wildman–Crippen MR) is 56.8 cm³/mol. The fraction of sp³-hybridized carbons (Fsp3) is 0.0769. The van der Waals surface area contributed by atoms with Crippen molar-refractivity contribution >= 4 is 0 Å². The average Bonchev–Trinajstić information content (AvgIpc) is 2.32. The van der Waals surface area contributed by atoms with E-state index in [2.05, 4.69) is 0 Å². The molecule has 0 radical (unpaired) electrons. The highest BCUT2D eigenvalue weighted by molar-refractivity contribution is 5.68. The highest BCUT2D eigenvalue weighted by Crippen LogP contribution is 2.39. The van der Waals surface area contributed by atoms with Crippen molar-refractivity contribution in [1.82, 2.24) is 0 Å². The largest absolute Gasteiger partial charge is 0.417 e. The van der Waals surface area contributed by atoms with Crippen LogP contribution in [-0.2, 0) is 6.18 Å². The first kappa shape index (κ1) is 12.5. The second kappa shape index (κ2) is 4.40. The van der Waals surface area contributed by atoms with Gasteiger partial charge in [0.15, 0.2) is 11.6 Å². The number of hydrogen-bond acceptors (Lipinski definition) is 0. The van der Waals surface area contributed by atoms with Gasteiger partial charge >= 0.3 is 6.18 Å². The Balaban J connectivity index is 2.75. The Morgan fingerprint density at radius 1 is 0.778 bits per heavy atom. The standard InChI is InChI=1S/C13H7F5/c14-10-7-6-9(13(16,17)18)11(12(10)15)8-4-2-1-3-5-8/h1-7H. The maximum atomic E-state index is 13.6. The number of benzene rings is 2. The molecule has 0 N–H and O–H groups in total. The van der Waals surface area contributed by atoms with E-state index in [0.717, 1.165) is 0 Å². The lowest BCUT2D eigenvalue weighted by molar-refractivity contribution is -0.137. The Morgan fingerprint density at radius 2 is 1.39 bits per heavy atom. The molecule has 0 amide bonds. The Kier molecular flexibility index (Phi) is 3.07. The topological polar surface area (TPSA) is 0 Å². The van der Waals surface area contributed by atoms with Crippen LogP contribution in [0.25, 0.3) is 11.1 Å². The van der Waals surface area contributed by atoms with Gasteiger partial charge in [0.25, 0.3) is 0 Å². The molecule has 2 aromatic carbocycles. The van der Waals surface area contributed by atoms with Gasteiger partial charge in [0.1, 0.15) is 0 Å². The molecule has 0 unspecified atom stereocenters. The highest BCUT2D eigenvalue weighted by Gasteiger charge is 2.35. The number of rotatable bonds is 1. The molecule has 0 aliphatic heterocycles. The van der Waals surface area contributed by atoms with Gasteiger partial charge in [0, 0.05) is 5.56 Å². The van der Waals surface area contributed by atoms with E-state index < -0.39 is 28.9 Å². The third-order valence-electron chi connectivity index (χ3n) is 2.46. The van der Waals surface area contributed by atoms with Gasteiger partial charge in [0.05, 0.1) is 5.56 Å². The van der Waals surface area contributed by atoms with E-state index in [9.17, 15) is 22.0 Å². The fourth-order valence-corrected chi connectivity index (χ4v) is 1.67. The Labute approximate surface area is 99.7 Å². The summed E-state index contributed by atoms with van der Waals surface area (Å²) in [5, 5.41) is 0. The van der Waals surface area contributed by atoms with Crippen LogP contribution < -0.4 is 0 Å². The van der Waals surface area contributed by atoms with Crippen LogP contribution in [-0.4, -0.2) is 0 Å². The third kappa shape index (κ3) is 2.20. The van der Waals surface area contributed by atoms with Crippen LogP contribution >= 0.6 is 0 Å². The van der Waals surface area contributed by atoms with Gasteiger partial charge in [-0.15, -0.1) is 0 Å². The lowest BCUT2D eigenvalue weighted by Gasteiger charge is -2.14. The lowest BCUT2D eigenvalue weighted by atomic mass is 9.98. The van der Waals surface area contributed by atoms with Crippen molar-refractivity contribution in [3.8, 4) is 11.1 Å². The zero-order valence-corrected chi connectivity index (χ0v) is 8.93. The van der Waals surface area contributed by atoms with Crippen LogP contribution in [0.5, 0.6) is 0 Å². The van der Waals surface area contributed by atoms with Crippen molar-refractivity contribution in [2.75, 3.05) is 0 Å². The Morgan fingerprint density at radius 3 is 1.94 bits per heavy atom. The summed E-state index contributed by atoms with van der Waals surface area (Å²) in [5.41, 5.74) is -1.96. The van der Waals surface area contributed by atoms with Crippen molar-refractivity contribution in [3.05, 3.63) is 59.7 Å². The van der Waals surface area contributed by atoms with E-state index in [-0.39, 0.29) is 5.56 Å². The Hall–Kier alpha value is -1.91. The molecule has 0 saturated carbocycles. The van der Waals surface area contributed by atoms with Gasteiger partial charge in [-0.1, -0.05) is 30.3 Å². The third-order valence-corrected chi connectivity index (χ3v) is 2.46. The van der Waals surface area contributed by atoms with Crippen LogP contribution in [0.2, 0.25) is 0 Å². The average molecular weight is 258 g/mol. The van der Waals surface area contributed by atoms with Gasteiger partial charge in [0.2, 0.25) is 0 Å². The molecule has 5 heteroatoms. The minimum Gasteiger partial charge on any atom is -0.204 e. The lowest BCUT2D eigenvalue weighted by Crippen LogP contribution is -2.09. The summed E-state index contributed by atoms with van der Waals surface area (Å²) in [4.78, 5) is 0.